The molecule has 0 spiro atoms. The van der Waals surface area contributed by atoms with Crippen LogP contribution in [0.15, 0.2) is 24.3 Å². The van der Waals surface area contributed by atoms with Crippen molar-refractivity contribution in [1.29, 1.82) is 0 Å². The van der Waals surface area contributed by atoms with Gasteiger partial charge in [0.15, 0.2) is 0 Å². The van der Waals surface area contributed by atoms with Crippen LogP contribution in [0.3, 0.4) is 0 Å². The summed E-state index contributed by atoms with van der Waals surface area (Å²) in [7, 11) is 0. The fourth-order valence-corrected chi connectivity index (χ4v) is 2.56. The van der Waals surface area contributed by atoms with E-state index in [1.807, 2.05) is 0 Å². The molecule has 0 unspecified atom stereocenters. The highest BCUT2D eigenvalue weighted by atomic mass is 15.1. The van der Waals surface area contributed by atoms with Crippen LogP contribution in [0, 0.1) is 5.92 Å². The van der Waals surface area contributed by atoms with Gasteiger partial charge in [0.1, 0.15) is 0 Å². The van der Waals surface area contributed by atoms with Gasteiger partial charge in [0.2, 0.25) is 0 Å². The zero-order chi connectivity index (χ0) is 10.1. The van der Waals surface area contributed by atoms with E-state index in [4.69, 9.17) is 0 Å². The Bertz CT molecular complexity index is 314. The van der Waals surface area contributed by atoms with E-state index >= 15 is 0 Å². The van der Waals surface area contributed by atoms with Gasteiger partial charge in [-0.1, -0.05) is 24.3 Å². The monoisotopic (exact) mass is 201 g/mol. The first-order valence-corrected chi connectivity index (χ1v) is 6.21. The molecule has 0 saturated heterocycles. The highest BCUT2D eigenvalue weighted by molar-refractivity contribution is 5.28. The Hall–Kier alpha value is -0.820. The van der Waals surface area contributed by atoms with Gasteiger partial charge in [-0.25, -0.2) is 0 Å². The Morgan fingerprint density at radius 2 is 1.60 bits per heavy atom. The third-order valence-corrected chi connectivity index (χ3v) is 3.73. The Kier molecular flexibility index (Phi) is 2.49. The van der Waals surface area contributed by atoms with Crippen LogP contribution in [-0.2, 0) is 12.8 Å². The minimum Gasteiger partial charge on any atom is -0.302 e. The first-order valence-electron chi connectivity index (χ1n) is 6.21. The van der Waals surface area contributed by atoms with Gasteiger partial charge in [-0.2, -0.15) is 0 Å². The standard InChI is InChI=1S/C14H19N/c1-2-4-14-8-10-15(11-12-5-6-12)9-7-13(14)3-1/h1-4,12H,5-11H2. The lowest BCUT2D eigenvalue weighted by atomic mass is 10.0. The summed E-state index contributed by atoms with van der Waals surface area (Å²) >= 11 is 0. The molecule has 0 atom stereocenters. The van der Waals surface area contributed by atoms with Crippen LogP contribution in [0.1, 0.15) is 24.0 Å². The van der Waals surface area contributed by atoms with Gasteiger partial charge < -0.3 is 4.90 Å². The van der Waals surface area contributed by atoms with E-state index in [-0.39, 0.29) is 0 Å². The Balaban J connectivity index is 1.68. The highest BCUT2D eigenvalue weighted by Crippen LogP contribution is 2.30. The van der Waals surface area contributed by atoms with Gasteiger partial charge in [0.25, 0.3) is 0 Å². The minimum atomic E-state index is 1.03. The molecule has 1 heteroatoms. The van der Waals surface area contributed by atoms with E-state index in [2.05, 4.69) is 29.2 Å². The minimum absolute atomic E-state index is 1.03. The molecule has 0 N–H and O–H groups in total. The molecule has 0 bridgehead atoms. The van der Waals surface area contributed by atoms with E-state index < -0.39 is 0 Å². The van der Waals surface area contributed by atoms with Crippen molar-refractivity contribution in [1.82, 2.24) is 4.90 Å². The maximum Gasteiger partial charge on any atom is 0.00222 e. The third kappa shape index (κ3) is 2.23. The second kappa shape index (κ2) is 3.97. The maximum absolute atomic E-state index is 2.66. The van der Waals surface area contributed by atoms with Gasteiger partial charge in [0, 0.05) is 19.6 Å². The van der Waals surface area contributed by atoms with Gasteiger partial charge >= 0.3 is 0 Å². The van der Waals surface area contributed by atoms with E-state index in [0.29, 0.717) is 0 Å². The average molecular weight is 201 g/mol. The second-order valence-corrected chi connectivity index (χ2v) is 5.01. The zero-order valence-corrected chi connectivity index (χ0v) is 9.28. The number of rotatable bonds is 2. The van der Waals surface area contributed by atoms with Crippen molar-refractivity contribution >= 4 is 0 Å². The molecule has 1 aromatic carbocycles. The fraction of sp³-hybridized carbons (Fsp3) is 0.571. The molecule has 0 aromatic heterocycles. The number of hydrogen-bond acceptors (Lipinski definition) is 1. The number of fused-ring (bicyclic) bond motifs is 1. The SMILES string of the molecule is c1ccc2c(c1)CCN(CC1CC1)CC2. The lowest BCUT2D eigenvalue weighted by Gasteiger charge is -2.18. The van der Waals surface area contributed by atoms with Gasteiger partial charge in [-0.05, 0) is 42.7 Å². The lowest BCUT2D eigenvalue weighted by Crippen LogP contribution is -2.28. The van der Waals surface area contributed by atoms with Crippen molar-refractivity contribution in [2.75, 3.05) is 19.6 Å². The predicted octanol–water partition coefficient (Wildman–Crippen LogP) is 2.50. The van der Waals surface area contributed by atoms with Crippen LogP contribution in [0.2, 0.25) is 0 Å². The topological polar surface area (TPSA) is 3.24 Å². The smallest absolute Gasteiger partial charge is 0.00222 e. The molecule has 2 aliphatic rings. The second-order valence-electron chi connectivity index (χ2n) is 5.01. The summed E-state index contributed by atoms with van der Waals surface area (Å²) in [6.45, 7) is 3.90. The summed E-state index contributed by atoms with van der Waals surface area (Å²) in [4.78, 5) is 2.66. The molecule has 1 aliphatic heterocycles. The van der Waals surface area contributed by atoms with Crippen molar-refractivity contribution in [2.45, 2.75) is 25.7 Å². The van der Waals surface area contributed by atoms with Gasteiger partial charge in [-0.3, -0.25) is 0 Å². The lowest BCUT2D eigenvalue weighted by molar-refractivity contribution is 0.276. The highest BCUT2D eigenvalue weighted by Gasteiger charge is 2.24. The molecular weight excluding hydrogens is 182 g/mol. The van der Waals surface area contributed by atoms with Crippen molar-refractivity contribution in [3.8, 4) is 0 Å². The Labute approximate surface area is 92.1 Å². The molecule has 0 radical (unpaired) electrons. The molecule has 1 heterocycles. The Morgan fingerprint density at radius 1 is 1.00 bits per heavy atom. The van der Waals surface area contributed by atoms with Crippen molar-refractivity contribution in [2.24, 2.45) is 5.92 Å². The molecule has 1 aromatic rings. The van der Waals surface area contributed by atoms with E-state index in [1.165, 1.54) is 45.3 Å². The summed E-state index contributed by atoms with van der Waals surface area (Å²) in [6.07, 6.45) is 5.46. The van der Waals surface area contributed by atoms with Gasteiger partial charge in [-0.15, -0.1) is 0 Å². The average Bonchev–Trinajstić information content (AvgIpc) is 3.07. The normalized spacial score (nSPS) is 22.1. The number of benzene rings is 1. The van der Waals surface area contributed by atoms with Crippen LogP contribution in [0.5, 0.6) is 0 Å². The summed E-state index contributed by atoms with van der Waals surface area (Å²) in [6, 6.07) is 8.96. The molecule has 80 valence electrons. The maximum atomic E-state index is 2.66. The molecule has 0 amide bonds. The number of hydrogen-bond donors (Lipinski definition) is 0. The van der Waals surface area contributed by atoms with Crippen LogP contribution < -0.4 is 0 Å². The summed E-state index contributed by atoms with van der Waals surface area (Å²) < 4.78 is 0. The largest absolute Gasteiger partial charge is 0.302 e. The van der Waals surface area contributed by atoms with Crippen LogP contribution >= 0.6 is 0 Å². The van der Waals surface area contributed by atoms with Crippen molar-refractivity contribution in [3.05, 3.63) is 35.4 Å². The Morgan fingerprint density at radius 3 is 2.13 bits per heavy atom. The van der Waals surface area contributed by atoms with Crippen molar-refractivity contribution in [3.63, 3.8) is 0 Å². The van der Waals surface area contributed by atoms with Crippen LogP contribution in [0.25, 0.3) is 0 Å². The molecule has 1 nitrogen and oxygen atoms in total. The van der Waals surface area contributed by atoms with E-state index in [0.717, 1.165) is 5.92 Å². The molecule has 1 fully saturated rings. The van der Waals surface area contributed by atoms with E-state index in [1.54, 1.807) is 11.1 Å². The van der Waals surface area contributed by atoms with Crippen molar-refractivity contribution < 1.29 is 0 Å². The summed E-state index contributed by atoms with van der Waals surface area (Å²) in [5.74, 6) is 1.03. The van der Waals surface area contributed by atoms with Crippen LogP contribution in [0.4, 0.5) is 0 Å². The molecule has 1 aliphatic carbocycles. The third-order valence-electron chi connectivity index (χ3n) is 3.73. The zero-order valence-electron chi connectivity index (χ0n) is 9.28. The molecular formula is C14H19N. The first kappa shape index (κ1) is 9.41. The van der Waals surface area contributed by atoms with Crippen LogP contribution in [-0.4, -0.2) is 24.5 Å². The fourth-order valence-electron chi connectivity index (χ4n) is 2.56. The molecule has 1 saturated carbocycles. The van der Waals surface area contributed by atoms with Gasteiger partial charge in [0.05, 0.1) is 0 Å². The molecule has 3 rings (SSSR count). The quantitative estimate of drug-likeness (QED) is 0.710. The predicted molar refractivity (Wildman–Crippen MR) is 63.0 cm³/mol. The first-order chi connectivity index (χ1) is 7.42. The van der Waals surface area contributed by atoms with E-state index in [9.17, 15) is 0 Å². The summed E-state index contributed by atoms with van der Waals surface area (Å²) in [5.41, 5.74) is 3.16. The summed E-state index contributed by atoms with van der Waals surface area (Å²) in [5, 5.41) is 0. The number of nitrogens with zero attached hydrogens (tertiary/aromatic N) is 1. The molecule has 15 heavy (non-hydrogen) atoms.